The Labute approximate surface area is 87.6 Å². The fourth-order valence-electron chi connectivity index (χ4n) is 1.26. The van der Waals surface area contributed by atoms with Gasteiger partial charge in [0.2, 0.25) is 5.91 Å². The average molecular weight is 200 g/mol. The molecule has 0 heterocycles. The molecule has 0 aliphatic rings. The first-order valence-electron chi connectivity index (χ1n) is 5.39. The van der Waals surface area contributed by atoms with E-state index in [0.29, 0.717) is 0 Å². The van der Waals surface area contributed by atoms with Crippen molar-refractivity contribution < 1.29 is 4.79 Å². The number of hydrogen-bond donors (Lipinski definition) is 1. The number of carbonyl (C=O) groups is 1. The molecule has 1 atom stereocenters. The molecule has 0 saturated carbocycles. The molecule has 0 radical (unpaired) electrons. The number of nitrogens with two attached hydrogens (primary N) is 1. The van der Waals surface area contributed by atoms with Gasteiger partial charge in [0, 0.05) is 13.1 Å². The van der Waals surface area contributed by atoms with Crippen molar-refractivity contribution in [3.8, 4) is 0 Å². The van der Waals surface area contributed by atoms with Gasteiger partial charge in [0.25, 0.3) is 0 Å². The van der Waals surface area contributed by atoms with E-state index in [-0.39, 0.29) is 11.3 Å². The number of amides is 1. The minimum Gasteiger partial charge on any atom is -0.342 e. The summed E-state index contributed by atoms with van der Waals surface area (Å²) < 4.78 is 0. The van der Waals surface area contributed by atoms with Crippen LogP contribution in [0.4, 0.5) is 0 Å². The quantitative estimate of drug-likeness (QED) is 0.749. The van der Waals surface area contributed by atoms with E-state index in [9.17, 15) is 4.79 Å². The maximum atomic E-state index is 11.9. The van der Waals surface area contributed by atoms with Crippen molar-refractivity contribution >= 4 is 5.91 Å². The normalized spacial score (nSPS) is 13.9. The van der Waals surface area contributed by atoms with Gasteiger partial charge in [-0.1, -0.05) is 27.7 Å². The predicted molar refractivity (Wildman–Crippen MR) is 60.0 cm³/mol. The molecule has 0 rings (SSSR count). The molecule has 0 aliphatic heterocycles. The molecule has 84 valence electrons. The van der Waals surface area contributed by atoms with Crippen LogP contribution in [0, 0.1) is 5.41 Å². The van der Waals surface area contributed by atoms with Crippen LogP contribution in [0.25, 0.3) is 0 Å². The molecule has 0 saturated heterocycles. The fraction of sp³-hybridized carbons (Fsp3) is 0.909. The van der Waals surface area contributed by atoms with Crippen LogP contribution in [0.2, 0.25) is 0 Å². The second-order valence-electron chi connectivity index (χ2n) is 4.76. The van der Waals surface area contributed by atoms with Crippen molar-refractivity contribution in [3.63, 3.8) is 0 Å². The second-order valence-corrected chi connectivity index (χ2v) is 4.76. The lowest BCUT2D eigenvalue weighted by Crippen LogP contribution is -2.50. The Morgan fingerprint density at radius 1 is 1.36 bits per heavy atom. The van der Waals surface area contributed by atoms with Gasteiger partial charge in [-0.3, -0.25) is 4.79 Å². The molecular weight excluding hydrogens is 176 g/mol. The minimum absolute atomic E-state index is 0.0712. The molecule has 0 aliphatic carbocycles. The first-order valence-corrected chi connectivity index (χ1v) is 5.39. The Kier molecular flexibility index (Phi) is 5.13. The van der Waals surface area contributed by atoms with Gasteiger partial charge in [0.05, 0.1) is 6.04 Å². The van der Waals surface area contributed by atoms with Crippen LogP contribution in [-0.4, -0.2) is 29.9 Å². The summed E-state index contributed by atoms with van der Waals surface area (Å²) in [5, 5.41) is 0. The van der Waals surface area contributed by atoms with E-state index in [4.69, 9.17) is 5.73 Å². The van der Waals surface area contributed by atoms with E-state index < -0.39 is 6.04 Å². The highest BCUT2D eigenvalue weighted by molar-refractivity contribution is 5.82. The highest BCUT2D eigenvalue weighted by atomic mass is 16.2. The molecule has 0 aromatic carbocycles. The van der Waals surface area contributed by atoms with Crippen molar-refractivity contribution in [3.05, 3.63) is 0 Å². The van der Waals surface area contributed by atoms with Gasteiger partial charge in [0.1, 0.15) is 0 Å². The van der Waals surface area contributed by atoms with E-state index in [1.165, 1.54) is 0 Å². The summed E-state index contributed by atoms with van der Waals surface area (Å²) in [6, 6.07) is -0.394. The van der Waals surface area contributed by atoms with Crippen LogP contribution >= 0.6 is 0 Å². The zero-order valence-corrected chi connectivity index (χ0v) is 10.1. The number of nitrogens with zero attached hydrogens (tertiary/aromatic N) is 1. The van der Waals surface area contributed by atoms with E-state index in [0.717, 1.165) is 19.5 Å². The standard InChI is InChI=1S/C11H24N2O/c1-6-8-13(7-2)10(14)9(12)11(3,4)5/h9H,6-8,12H2,1-5H3/t9-/m1/s1. The van der Waals surface area contributed by atoms with Crippen LogP contribution in [0.15, 0.2) is 0 Å². The Balaban J connectivity index is 4.42. The Bertz CT molecular complexity index is 184. The molecule has 0 spiro atoms. The van der Waals surface area contributed by atoms with Crippen molar-refractivity contribution in [1.82, 2.24) is 4.90 Å². The van der Waals surface area contributed by atoms with Crippen LogP contribution < -0.4 is 5.73 Å². The summed E-state index contributed by atoms with van der Waals surface area (Å²) in [6.45, 7) is 11.6. The van der Waals surface area contributed by atoms with Gasteiger partial charge in [-0.25, -0.2) is 0 Å². The molecule has 14 heavy (non-hydrogen) atoms. The topological polar surface area (TPSA) is 46.3 Å². The summed E-state index contributed by atoms with van der Waals surface area (Å²) in [5.41, 5.74) is 5.76. The molecule has 0 aromatic heterocycles. The van der Waals surface area contributed by atoms with Gasteiger partial charge >= 0.3 is 0 Å². The van der Waals surface area contributed by atoms with Crippen LogP contribution in [-0.2, 0) is 4.79 Å². The van der Waals surface area contributed by atoms with Crippen molar-refractivity contribution in [1.29, 1.82) is 0 Å². The molecule has 0 aromatic rings. The fourth-order valence-corrected chi connectivity index (χ4v) is 1.26. The van der Waals surface area contributed by atoms with Crippen molar-refractivity contribution in [2.45, 2.75) is 47.1 Å². The number of carbonyl (C=O) groups excluding carboxylic acids is 1. The summed E-state index contributed by atoms with van der Waals surface area (Å²) in [5.74, 6) is 0.0712. The first-order chi connectivity index (χ1) is 6.34. The summed E-state index contributed by atoms with van der Waals surface area (Å²) in [4.78, 5) is 13.7. The zero-order valence-electron chi connectivity index (χ0n) is 10.1. The summed E-state index contributed by atoms with van der Waals surface area (Å²) in [7, 11) is 0. The zero-order chi connectivity index (χ0) is 11.4. The molecule has 1 amide bonds. The predicted octanol–water partition coefficient (Wildman–Crippen LogP) is 1.62. The smallest absolute Gasteiger partial charge is 0.240 e. The van der Waals surface area contributed by atoms with Gasteiger partial charge in [-0.2, -0.15) is 0 Å². The van der Waals surface area contributed by atoms with Gasteiger partial charge < -0.3 is 10.6 Å². The largest absolute Gasteiger partial charge is 0.342 e. The Hall–Kier alpha value is -0.570. The highest BCUT2D eigenvalue weighted by Gasteiger charge is 2.29. The Morgan fingerprint density at radius 2 is 1.86 bits per heavy atom. The molecule has 3 heteroatoms. The van der Waals surface area contributed by atoms with E-state index in [1.54, 1.807) is 0 Å². The maximum Gasteiger partial charge on any atom is 0.240 e. The summed E-state index contributed by atoms with van der Waals surface area (Å²) in [6.07, 6.45) is 0.983. The highest BCUT2D eigenvalue weighted by Crippen LogP contribution is 2.19. The number of likely N-dealkylation sites (N-methyl/N-ethyl adjacent to an activating group) is 1. The number of hydrogen-bond acceptors (Lipinski definition) is 2. The van der Waals surface area contributed by atoms with Crippen molar-refractivity contribution in [2.24, 2.45) is 11.1 Å². The third kappa shape index (κ3) is 3.66. The SMILES string of the molecule is CCCN(CC)C(=O)[C@@H](N)C(C)(C)C. The minimum atomic E-state index is -0.394. The van der Waals surface area contributed by atoms with Crippen LogP contribution in [0.3, 0.4) is 0 Å². The monoisotopic (exact) mass is 200 g/mol. The molecular formula is C11H24N2O. The van der Waals surface area contributed by atoms with Crippen LogP contribution in [0.1, 0.15) is 41.0 Å². The average Bonchev–Trinajstić information content (AvgIpc) is 2.10. The summed E-state index contributed by atoms with van der Waals surface area (Å²) >= 11 is 0. The number of rotatable bonds is 4. The third-order valence-electron chi connectivity index (χ3n) is 2.39. The second kappa shape index (κ2) is 5.35. The molecule has 3 nitrogen and oxygen atoms in total. The van der Waals surface area contributed by atoms with E-state index in [1.807, 2.05) is 32.6 Å². The van der Waals surface area contributed by atoms with Gasteiger partial charge in [-0.15, -0.1) is 0 Å². The lowest BCUT2D eigenvalue weighted by Gasteiger charge is -2.31. The molecule has 0 bridgehead atoms. The molecule has 0 fully saturated rings. The lowest BCUT2D eigenvalue weighted by molar-refractivity contribution is -0.134. The van der Waals surface area contributed by atoms with Crippen molar-refractivity contribution in [2.75, 3.05) is 13.1 Å². The molecule has 2 N–H and O–H groups in total. The van der Waals surface area contributed by atoms with Gasteiger partial charge in [-0.05, 0) is 18.8 Å². The van der Waals surface area contributed by atoms with Gasteiger partial charge in [0.15, 0.2) is 0 Å². The maximum absolute atomic E-state index is 11.9. The van der Waals surface area contributed by atoms with E-state index >= 15 is 0 Å². The molecule has 0 unspecified atom stereocenters. The Morgan fingerprint density at radius 3 is 2.14 bits per heavy atom. The van der Waals surface area contributed by atoms with E-state index in [2.05, 4.69) is 6.92 Å². The van der Waals surface area contributed by atoms with Crippen LogP contribution in [0.5, 0.6) is 0 Å². The third-order valence-corrected chi connectivity index (χ3v) is 2.39. The lowest BCUT2D eigenvalue weighted by atomic mass is 9.86. The first kappa shape index (κ1) is 13.4.